The summed E-state index contributed by atoms with van der Waals surface area (Å²) in [5, 5.41) is 29.0. The highest BCUT2D eigenvalue weighted by Gasteiger charge is 2.49. The van der Waals surface area contributed by atoms with Crippen molar-refractivity contribution in [2.75, 3.05) is 0 Å². The van der Waals surface area contributed by atoms with E-state index in [0.717, 1.165) is 0 Å². The van der Waals surface area contributed by atoms with Crippen LogP contribution in [0.15, 0.2) is 12.7 Å². The molecule has 0 bridgehead atoms. The Labute approximate surface area is 171 Å². The van der Waals surface area contributed by atoms with Gasteiger partial charge < -0.3 is 29.5 Å². The Bertz CT molecular complexity index is 947. The summed E-state index contributed by atoms with van der Waals surface area (Å²) in [6.07, 6.45) is -2.00. The molecule has 1 unspecified atom stereocenters. The molecule has 0 aromatic carbocycles. The fourth-order valence-electron chi connectivity index (χ4n) is 3.11. The van der Waals surface area contributed by atoms with Crippen LogP contribution in [0.2, 0.25) is 5.15 Å². The van der Waals surface area contributed by atoms with E-state index in [4.69, 9.17) is 20.9 Å². The van der Waals surface area contributed by atoms with E-state index in [1.165, 1.54) is 44.9 Å². The van der Waals surface area contributed by atoms with Gasteiger partial charge in [-0.05, 0) is 27.7 Å². The maximum absolute atomic E-state index is 12.3. The molecule has 2 aromatic rings. The summed E-state index contributed by atoms with van der Waals surface area (Å²) in [4.78, 5) is 22.1. The third-order valence-corrected chi connectivity index (χ3v) is 7.08. The predicted molar refractivity (Wildman–Crippen MR) is 102 cm³/mol. The molecular formula is C16H24ClN4O7P. The van der Waals surface area contributed by atoms with Crippen LogP contribution in [-0.4, -0.2) is 69.0 Å². The lowest BCUT2D eigenvalue weighted by Crippen LogP contribution is -2.38. The highest BCUT2D eigenvalue weighted by molar-refractivity contribution is 7.54. The number of rotatable bonds is 6. The van der Waals surface area contributed by atoms with E-state index in [0.29, 0.717) is 11.2 Å². The molecule has 0 aliphatic carbocycles. The number of imidazole rings is 1. The number of halogens is 1. The standard InChI is InChI=1S/C16H24ClN4O7P/c1-15(2,28-29(25,26)16(3,4)24)5-8-10(22)11(23)14(27-8)21-7-20-9-12(17)18-6-19-13(9)21/h6-8,10-11,14,22-24H,5H2,1-4H3,(H,25,26)/t8-,10-,11-,14-/m1/s1. The van der Waals surface area contributed by atoms with Crippen LogP contribution in [0.5, 0.6) is 0 Å². The first-order chi connectivity index (χ1) is 13.2. The van der Waals surface area contributed by atoms with Gasteiger partial charge in [-0.2, -0.15) is 0 Å². The van der Waals surface area contributed by atoms with Gasteiger partial charge in [0.2, 0.25) is 0 Å². The highest BCUT2D eigenvalue weighted by atomic mass is 35.5. The van der Waals surface area contributed by atoms with E-state index in [9.17, 15) is 24.8 Å². The van der Waals surface area contributed by atoms with Gasteiger partial charge in [0.15, 0.2) is 22.4 Å². The van der Waals surface area contributed by atoms with Crippen molar-refractivity contribution < 1.29 is 34.0 Å². The van der Waals surface area contributed by atoms with Gasteiger partial charge in [-0.25, -0.2) is 15.0 Å². The number of aromatic nitrogens is 4. The van der Waals surface area contributed by atoms with Gasteiger partial charge in [0.25, 0.3) is 0 Å². The van der Waals surface area contributed by atoms with Crippen molar-refractivity contribution in [1.29, 1.82) is 0 Å². The Morgan fingerprint density at radius 3 is 2.52 bits per heavy atom. The first-order valence-electron chi connectivity index (χ1n) is 8.84. The molecule has 1 aliphatic rings. The molecule has 0 radical (unpaired) electrons. The van der Waals surface area contributed by atoms with Gasteiger partial charge in [0, 0.05) is 6.42 Å². The van der Waals surface area contributed by atoms with Gasteiger partial charge in [-0.1, -0.05) is 11.6 Å². The van der Waals surface area contributed by atoms with Crippen LogP contribution >= 0.6 is 19.2 Å². The molecule has 0 spiro atoms. The number of hydrogen-bond acceptors (Lipinski definition) is 9. The normalized spacial score (nSPS) is 28.0. The molecule has 13 heteroatoms. The summed E-state index contributed by atoms with van der Waals surface area (Å²) in [5.74, 6) is 0. The molecule has 11 nitrogen and oxygen atoms in total. The molecule has 29 heavy (non-hydrogen) atoms. The molecule has 1 saturated heterocycles. The molecule has 1 fully saturated rings. The van der Waals surface area contributed by atoms with Gasteiger partial charge in [-0.15, -0.1) is 0 Å². The molecule has 3 heterocycles. The molecule has 0 saturated carbocycles. The quantitative estimate of drug-likeness (QED) is 0.371. The minimum absolute atomic E-state index is 0.0370. The zero-order chi connectivity index (χ0) is 21.8. The second-order valence-corrected chi connectivity index (χ2v) is 10.8. The Balaban J connectivity index is 1.80. The topological polar surface area (TPSA) is 160 Å². The monoisotopic (exact) mass is 450 g/mol. The molecule has 0 amide bonds. The minimum atomic E-state index is -4.38. The smallest absolute Gasteiger partial charge is 0.359 e. The fraction of sp³-hybridized carbons (Fsp3) is 0.688. The lowest BCUT2D eigenvalue weighted by Gasteiger charge is -2.34. The van der Waals surface area contributed by atoms with E-state index in [1.54, 1.807) is 0 Å². The first kappa shape index (κ1) is 22.5. The maximum atomic E-state index is 12.3. The molecule has 2 aromatic heterocycles. The van der Waals surface area contributed by atoms with Crippen molar-refractivity contribution in [2.45, 2.75) is 69.6 Å². The van der Waals surface area contributed by atoms with E-state index >= 15 is 0 Å². The minimum Gasteiger partial charge on any atom is -0.388 e. The third-order valence-electron chi connectivity index (χ3n) is 4.68. The summed E-state index contributed by atoms with van der Waals surface area (Å²) in [5.41, 5.74) is -0.621. The Kier molecular flexibility index (Phi) is 5.83. The van der Waals surface area contributed by atoms with E-state index in [1.807, 2.05) is 0 Å². The molecule has 5 atom stereocenters. The van der Waals surface area contributed by atoms with Crippen LogP contribution in [0.1, 0.15) is 40.3 Å². The Morgan fingerprint density at radius 1 is 1.24 bits per heavy atom. The van der Waals surface area contributed by atoms with Crippen molar-refractivity contribution in [1.82, 2.24) is 19.5 Å². The van der Waals surface area contributed by atoms with Crippen molar-refractivity contribution in [3.63, 3.8) is 0 Å². The van der Waals surface area contributed by atoms with Crippen LogP contribution in [0, 0.1) is 0 Å². The maximum Gasteiger partial charge on any atom is 0.359 e. The zero-order valence-electron chi connectivity index (χ0n) is 16.3. The summed E-state index contributed by atoms with van der Waals surface area (Å²) in [7, 11) is -4.38. The number of aliphatic hydroxyl groups excluding tert-OH is 2. The fourth-order valence-corrected chi connectivity index (χ4v) is 4.25. The average molecular weight is 451 g/mol. The van der Waals surface area contributed by atoms with Gasteiger partial charge in [0.05, 0.1) is 18.0 Å². The molecule has 4 N–H and O–H groups in total. The van der Waals surface area contributed by atoms with Crippen LogP contribution in [0.25, 0.3) is 11.2 Å². The summed E-state index contributed by atoms with van der Waals surface area (Å²) < 4.78 is 24.8. The number of ether oxygens (including phenoxy) is 1. The highest BCUT2D eigenvalue weighted by Crippen LogP contribution is 2.57. The number of aliphatic hydroxyl groups is 3. The molecular weight excluding hydrogens is 427 g/mol. The largest absolute Gasteiger partial charge is 0.388 e. The second-order valence-electron chi connectivity index (χ2n) is 8.10. The zero-order valence-corrected chi connectivity index (χ0v) is 17.9. The lowest BCUT2D eigenvalue weighted by atomic mass is 9.97. The SMILES string of the molecule is CC(C)(C[C@H]1O[C@@H](n2cnc3c(Cl)ncnc32)[C@H](O)[C@@H]1O)OP(=O)(O)C(C)(C)O. The van der Waals surface area contributed by atoms with Gasteiger partial charge in [-0.3, -0.25) is 9.13 Å². The number of nitrogens with zero attached hydrogens (tertiary/aromatic N) is 4. The van der Waals surface area contributed by atoms with Crippen molar-refractivity contribution >= 4 is 30.4 Å². The van der Waals surface area contributed by atoms with Gasteiger partial charge in [0.1, 0.15) is 24.1 Å². The predicted octanol–water partition coefficient (Wildman–Crippen LogP) is 1.20. The Hall–Kier alpha value is -1.17. The number of hydrogen-bond donors (Lipinski definition) is 4. The van der Waals surface area contributed by atoms with Crippen molar-refractivity contribution in [2.24, 2.45) is 0 Å². The number of fused-ring (bicyclic) bond motifs is 1. The molecule has 162 valence electrons. The van der Waals surface area contributed by atoms with E-state index in [-0.39, 0.29) is 11.6 Å². The van der Waals surface area contributed by atoms with Gasteiger partial charge >= 0.3 is 7.60 Å². The van der Waals surface area contributed by atoms with Crippen LogP contribution in [-0.2, 0) is 13.8 Å². The molecule has 1 aliphatic heterocycles. The van der Waals surface area contributed by atoms with Crippen LogP contribution in [0.3, 0.4) is 0 Å². The van der Waals surface area contributed by atoms with E-state index < -0.39 is 43.1 Å². The average Bonchev–Trinajstić information content (AvgIpc) is 3.10. The summed E-state index contributed by atoms with van der Waals surface area (Å²) in [6.45, 7) is 5.39. The third kappa shape index (κ3) is 4.33. The van der Waals surface area contributed by atoms with Crippen LogP contribution in [0.4, 0.5) is 0 Å². The Morgan fingerprint density at radius 2 is 1.90 bits per heavy atom. The second kappa shape index (κ2) is 7.51. The van der Waals surface area contributed by atoms with Crippen molar-refractivity contribution in [3.8, 4) is 0 Å². The van der Waals surface area contributed by atoms with Crippen LogP contribution < -0.4 is 0 Å². The van der Waals surface area contributed by atoms with E-state index in [2.05, 4.69) is 15.0 Å². The molecule has 3 rings (SSSR count). The first-order valence-corrected chi connectivity index (χ1v) is 10.8. The lowest BCUT2D eigenvalue weighted by molar-refractivity contribution is -0.0631. The summed E-state index contributed by atoms with van der Waals surface area (Å²) >= 11 is 5.99. The summed E-state index contributed by atoms with van der Waals surface area (Å²) in [6, 6.07) is 0. The van der Waals surface area contributed by atoms with Crippen molar-refractivity contribution in [3.05, 3.63) is 17.8 Å².